The summed E-state index contributed by atoms with van der Waals surface area (Å²) < 4.78 is 0. The summed E-state index contributed by atoms with van der Waals surface area (Å²) in [5.41, 5.74) is -0.935. The lowest BCUT2D eigenvalue weighted by atomic mass is 10.0. The number of likely N-dealkylation sites (tertiary alicyclic amines) is 1. The topological polar surface area (TPSA) is 116 Å². The van der Waals surface area contributed by atoms with Gasteiger partial charge in [-0.25, -0.2) is 4.79 Å². The van der Waals surface area contributed by atoms with Crippen molar-refractivity contribution in [3.8, 4) is 0 Å². The van der Waals surface area contributed by atoms with Gasteiger partial charge >= 0.3 is 12.0 Å². The summed E-state index contributed by atoms with van der Waals surface area (Å²) in [5, 5.41) is 13.7. The molecule has 4 amide bonds. The minimum atomic E-state index is -1.03. The maximum absolute atomic E-state index is 11.8. The number of urea groups is 1. The molecule has 8 heteroatoms. The van der Waals surface area contributed by atoms with E-state index in [1.54, 1.807) is 13.8 Å². The molecule has 1 aliphatic heterocycles. The second-order valence-corrected chi connectivity index (χ2v) is 5.44. The molecule has 0 bridgehead atoms. The molecule has 1 saturated heterocycles. The number of hydrogen-bond donors (Lipinski definition) is 3. The summed E-state index contributed by atoms with van der Waals surface area (Å²) in [6, 6.07) is -1.39. The van der Waals surface area contributed by atoms with Crippen LogP contribution in [0.4, 0.5) is 4.79 Å². The maximum atomic E-state index is 11.8. The van der Waals surface area contributed by atoms with Gasteiger partial charge in [-0.15, -0.1) is 0 Å². The lowest BCUT2D eigenvalue weighted by Crippen LogP contribution is -2.57. The summed E-state index contributed by atoms with van der Waals surface area (Å²) in [6.45, 7) is 3.14. The average Bonchev–Trinajstić information content (AvgIpc) is 2.27. The van der Waals surface area contributed by atoms with Gasteiger partial charge in [-0.1, -0.05) is 0 Å². The van der Waals surface area contributed by atoms with E-state index >= 15 is 0 Å². The Hall–Kier alpha value is -2.12. The van der Waals surface area contributed by atoms with Crippen molar-refractivity contribution >= 4 is 23.8 Å². The summed E-state index contributed by atoms with van der Waals surface area (Å²) >= 11 is 0. The van der Waals surface area contributed by atoms with E-state index in [-0.39, 0.29) is 25.2 Å². The number of carbonyl (C=O) groups excluding carboxylic acids is 3. The number of likely N-dealkylation sites (N-methyl/N-ethyl adjacent to an activating group) is 1. The molecule has 1 aliphatic rings. The molecule has 3 N–H and O–H groups in total. The van der Waals surface area contributed by atoms with Gasteiger partial charge in [-0.05, 0) is 20.3 Å². The Morgan fingerprint density at radius 2 is 2.00 bits per heavy atom. The van der Waals surface area contributed by atoms with Gasteiger partial charge in [0.2, 0.25) is 5.91 Å². The number of carboxylic acid groups (broad SMARTS) is 1. The number of carbonyl (C=O) groups is 4. The number of amides is 4. The number of carboxylic acids is 1. The van der Waals surface area contributed by atoms with Crippen LogP contribution >= 0.6 is 0 Å². The molecule has 0 radical (unpaired) electrons. The lowest BCUT2D eigenvalue weighted by molar-refractivity contribution is -0.148. The zero-order valence-electron chi connectivity index (χ0n) is 11.7. The number of nitrogens with zero attached hydrogens (tertiary/aromatic N) is 1. The minimum Gasteiger partial charge on any atom is -0.481 e. The van der Waals surface area contributed by atoms with E-state index in [4.69, 9.17) is 5.11 Å². The van der Waals surface area contributed by atoms with Gasteiger partial charge in [0, 0.05) is 19.0 Å². The Bertz CT molecular complexity index is 446. The van der Waals surface area contributed by atoms with Crippen LogP contribution < -0.4 is 10.6 Å². The van der Waals surface area contributed by atoms with Crippen molar-refractivity contribution in [1.29, 1.82) is 0 Å². The third kappa shape index (κ3) is 4.22. The third-order valence-electron chi connectivity index (χ3n) is 3.00. The Morgan fingerprint density at radius 1 is 1.40 bits per heavy atom. The van der Waals surface area contributed by atoms with Gasteiger partial charge in [0.05, 0.1) is 6.42 Å². The Kier molecular flexibility index (Phi) is 4.69. The number of aliphatic carboxylic acids is 1. The highest BCUT2D eigenvalue weighted by Gasteiger charge is 2.33. The van der Waals surface area contributed by atoms with E-state index in [1.165, 1.54) is 7.05 Å². The highest BCUT2D eigenvalue weighted by atomic mass is 16.4. The van der Waals surface area contributed by atoms with Crippen molar-refractivity contribution in [3.63, 3.8) is 0 Å². The fraction of sp³-hybridized carbons (Fsp3) is 0.667. The van der Waals surface area contributed by atoms with Crippen molar-refractivity contribution in [2.75, 3.05) is 7.05 Å². The number of rotatable bonds is 4. The molecule has 0 aromatic heterocycles. The normalized spacial score (nSPS) is 19.8. The molecule has 0 spiro atoms. The number of imide groups is 1. The second kappa shape index (κ2) is 5.89. The zero-order valence-corrected chi connectivity index (χ0v) is 11.7. The monoisotopic (exact) mass is 285 g/mol. The smallest absolute Gasteiger partial charge is 0.315 e. The summed E-state index contributed by atoms with van der Waals surface area (Å²) in [6.07, 6.45) is 0.192. The van der Waals surface area contributed by atoms with Crippen molar-refractivity contribution in [1.82, 2.24) is 15.5 Å². The molecule has 1 rings (SSSR count). The standard InChI is InChI=1S/C12H19N3O5/c1-12(2,6-9(17)18)14-11(20)13-7-4-5-8(16)15(3)10(7)19/h7H,4-6H2,1-3H3,(H,17,18)(H2,13,14,20). The van der Waals surface area contributed by atoms with E-state index in [0.29, 0.717) is 0 Å². The molecule has 112 valence electrons. The zero-order chi connectivity index (χ0) is 15.5. The van der Waals surface area contributed by atoms with E-state index in [2.05, 4.69) is 10.6 Å². The molecule has 8 nitrogen and oxygen atoms in total. The highest BCUT2D eigenvalue weighted by molar-refractivity contribution is 6.01. The van der Waals surface area contributed by atoms with Crippen LogP contribution in [0.2, 0.25) is 0 Å². The lowest BCUT2D eigenvalue weighted by Gasteiger charge is -2.30. The Labute approximate surface area is 116 Å². The molecular formula is C12H19N3O5. The van der Waals surface area contributed by atoms with Crippen LogP contribution in [0.1, 0.15) is 33.1 Å². The molecule has 1 fully saturated rings. The summed E-state index contributed by atoms with van der Waals surface area (Å²) in [4.78, 5) is 46.5. The van der Waals surface area contributed by atoms with Crippen molar-refractivity contribution in [2.45, 2.75) is 44.7 Å². The molecule has 1 heterocycles. The third-order valence-corrected chi connectivity index (χ3v) is 3.00. The molecule has 1 unspecified atom stereocenters. The van der Waals surface area contributed by atoms with Crippen molar-refractivity contribution < 1.29 is 24.3 Å². The van der Waals surface area contributed by atoms with Gasteiger partial charge in [-0.2, -0.15) is 0 Å². The van der Waals surface area contributed by atoms with Gasteiger partial charge in [0.15, 0.2) is 0 Å². The molecule has 0 aromatic rings. The summed E-state index contributed by atoms with van der Waals surface area (Å²) in [7, 11) is 1.37. The van der Waals surface area contributed by atoms with Crippen molar-refractivity contribution in [3.05, 3.63) is 0 Å². The van der Waals surface area contributed by atoms with Crippen LogP contribution in [0.5, 0.6) is 0 Å². The second-order valence-electron chi connectivity index (χ2n) is 5.44. The van der Waals surface area contributed by atoms with Gasteiger partial charge in [-0.3, -0.25) is 19.3 Å². The predicted octanol–water partition coefficient (Wildman–Crippen LogP) is -0.314. The average molecular weight is 285 g/mol. The van der Waals surface area contributed by atoms with Crippen LogP contribution in [0.15, 0.2) is 0 Å². The molecular weight excluding hydrogens is 266 g/mol. The molecule has 0 saturated carbocycles. The van der Waals surface area contributed by atoms with Gasteiger partial charge in [0.1, 0.15) is 6.04 Å². The number of nitrogens with one attached hydrogen (secondary N) is 2. The minimum absolute atomic E-state index is 0.186. The molecule has 1 atom stereocenters. The van der Waals surface area contributed by atoms with Crippen LogP contribution in [-0.4, -0.2) is 52.4 Å². The SMILES string of the molecule is CN1C(=O)CCC(NC(=O)NC(C)(C)CC(=O)O)C1=O. The fourth-order valence-electron chi connectivity index (χ4n) is 1.97. The molecule has 0 aromatic carbocycles. The van der Waals surface area contributed by atoms with Crippen molar-refractivity contribution in [2.24, 2.45) is 0 Å². The van der Waals surface area contributed by atoms with E-state index in [0.717, 1.165) is 4.90 Å². The van der Waals surface area contributed by atoms with Crippen LogP contribution in [0.25, 0.3) is 0 Å². The van der Waals surface area contributed by atoms with Crippen LogP contribution in [-0.2, 0) is 14.4 Å². The summed E-state index contributed by atoms with van der Waals surface area (Å²) in [5.74, 6) is -1.78. The van der Waals surface area contributed by atoms with E-state index in [9.17, 15) is 19.2 Å². The molecule has 20 heavy (non-hydrogen) atoms. The first-order valence-corrected chi connectivity index (χ1v) is 6.23. The van der Waals surface area contributed by atoms with E-state index in [1.807, 2.05) is 0 Å². The maximum Gasteiger partial charge on any atom is 0.315 e. The van der Waals surface area contributed by atoms with Gasteiger partial charge in [0.25, 0.3) is 5.91 Å². The predicted molar refractivity (Wildman–Crippen MR) is 68.8 cm³/mol. The first-order chi connectivity index (χ1) is 9.12. The molecule has 0 aliphatic carbocycles. The first-order valence-electron chi connectivity index (χ1n) is 6.23. The highest BCUT2D eigenvalue weighted by Crippen LogP contribution is 2.12. The fourth-order valence-corrected chi connectivity index (χ4v) is 1.97. The quantitative estimate of drug-likeness (QED) is 0.612. The first kappa shape index (κ1) is 15.9. The van der Waals surface area contributed by atoms with Gasteiger partial charge < -0.3 is 15.7 Å². The largest absolute Gasteiger partial charge is 0.481 e. The number of hydrogen-bond acceptors (Lipinski definition) is 4. The van der Waals surface area contributed by atoms with Crippen LogP contribution in [0.3, 0.4) is 0 Å². The number of piperidine rings is 1. The van der Waals surface area contributed by atoms with Crippen LogP contribution in [0, 0.1) is 0 Å². The Balaban J connectivity index is 2.56. The Morgan fingerprint density at radius 3 is 2.55 bits per heavy atom. The van der Waals surface area contributed by atoms with E-state index < -0.39 is 29.5 Å².